The lowest BCUT2D eigenvalue weighted by atomic mass is 10.4. The van der Waals surface area contributed by atoms with Crippen LogP contribution in [0.5, 0.6) is 0 Å². The van der Waals surface area contributed by atoms with Gasteiger partial charge in [-0.15, -0.1) is 0 Å². The van der Waals surface area contributed by atoms with Gasteiger partial charge < -0.3 is 15.1 Å². The van der Waals surface area contributed by atoms with Crippen LogP contribution < -0.4 is 10.6 Å². The molecule has 0 atom stereocenters. The second-order valence-electron chi connectivity index (χ2n) is 2.85. The first-order valence-electron chi connectivity index (χ1n) is 4.72. The van der Waals surface area contributed by atoms with Crippen molar-refractivity contribution in [3.8, 4) is 0 Å². The molecule has 1 aromatic heterocycles. The minimum atomic E-state index is 0.770. The molecule has 0 fully saturated rings. The first-order valence-corrected chi connectivity index (χ1v) is 4.72. The molecular weight excluding hydrogens is 166 g/mol. The fraction of sp³-hybridized carbons (Fsp3) is 0.667. The number of oxazole rings is 1. The van der Waals surface area contributed by atoms with Crippen LogP contribution in [0.25, 0.3) is 0 Å². The highest BCUT2D eigenvalue weighted by Gasteiger charge is 1.94. The molecular formula is C9H17N3O. The fourth-order valence-corrected chi connectivity index (χ4v) is 1.06. The van der Waals surface area contributed by atoms with Crippen LogP contribution in [-0.4, -0.2) is 24.6 Å². The van der Waals surface area contributed by atoms with Crippen LogP contribution in [0.3, 0.4) is 0 Å². The van der Waals surface area contributed by atoms with E-state index < -0.39 is 0 Å². The van der Waals surface area contributed by atoms with Gasteiger partial charge in [-0.3, -0.25) is 0 Å². The van der Waals surface area contributed by atoms with Crippen molar-refractivity contribution in [3.05, 3.63) is 18.4 Å². The van der Waals surface area contributed by atoms with Gasteiger partial charge in [0.05, 0.1) is 12.7 Å². The largest absolute Gasteiger partial charge is 0.447 e. The topological polar surface area (TPSA) is 50.1 Å². The Morgan fingerprint density at radius 1 is 1.38 bits per heavy atom. The highest BCUT2D eigenvalue weighted by atomic mass is 16.3. The standard InChI is InChI=1S/C9H17N3O/c1-2-10-4-3-5-11-6-9-7-12-8-13-9/h7-8,10-11H,2-6H2,1H3. The van der Waals surface area contributed by atoms with Crippen molar-refractivity contribution in [2.24, 2.45) is 0 Å². The minimum Gasteiger partial charge on any atom is -0.447 e. The van der Waals surface area contributed by atoms with Crippen LogP contribution in [0.2, 0.25) is 0 Å². The molecule has 1 rings (SSSR count). The summed E-state index contributed by atoms with van der Waals surface area (Å²) in [6.07, 6.45) is 4.33. The van der Waals surface area contributed by atoms with Crippen LogP contribution in [0.1, 0.15) is 19.1 Å². The lowest BCUT2D eigenvalue weighted by Crippen LogP contribution is -2.21. The van der Waals surface area contributed by atoms with E-state index in [4.69, 9.17) is 4.42 Å². The molecule has 2 N–H and O–H groups in total. The summed E-state index contributed by atoms with van der Waals surface area (Å²) >= 11 is 0. The zero-order valence-corrected chi connectivity index (χ0v) is 8.05. The Hall–Kier alpha value is -0.870. The van der Waals surface area contributed by atoms with E-state index in [1.165, 1.54) is 6.39 Å². The van der Waals surface area contributed by atoms with Gasteiger partial charge in [0.25, 0.3) is 0 Å². The zero-order chi connectivity index (χ0) is 9.36. The number of hydrogen-bond acceptors (Lipinski definition) is 4. The van der Waals surface area contributed by atoms with Gasteiger partial charge in [-0.25, -0.2) is 4.98 Å². The Balaban J connectivity index is 1.90. The first kappa shape index (κ1) is 10.2. The molecule has 4 heteroatoms. The minimum absolute atomic E-state index is 0.770. The maximum Gasteiger partial charge on any atom is 0.180 e. The molecule has 13 heavy (non-hydrogen) atoms. The number of nitrogens with zero attached hydrogens (tertiary/aromatic N) is 1. The summed E-state index contributed by atoms with van der Waals surface area (Å²) in [4.78, 5) is 3.83. The third-order valence-electron chi connectivity index (χ3n) is 1.74. The molecule has 0 saturated carbocycles. The van der Waals surface area contributed by atoms with E-state index >= 15 is 0 Å². The van der Waals surface area contributed by atoms with Crippen molar-refractivity contribution in [1.29, 1.82) is 0 Å². The van der Waals surface area contributed by atoms with Gasteiger partial charge in [0.2, 0.25) is 0 Å². The average Bonchev–Trinajstić information content (AvgIpc) is 2.63. The third kappa shape index (κ3) is 4.65. The van der Waals surface area contributed by atoms with E-state index in [9.17, 15) is 0 Å². The smallest absolute Gasteiger partial charge is 0.180 e. The maximum atomic E-state index is 5.07. The lowest BCUT2D eigenvalue weighted by molar-refractivity contribution is 0.475. The van der Waals surface area contributed by atoms with Gasteiger partial charge in [0.1, 0.15) is 5.76 Å². The molecule has 0 aliphatic carbocycles. The number of hydrogen-bond donors (Lipinski definition) is 2. The summed E-state index contributed by atoms with van der Waals surface area (Å²) in [6.45, 7) is 6.00. The molecule has 0 unspecified atom stereocenters. The van der Waals surface area contributed by atoms with Gasteiger partial charge in [0.15, 0.2) is 6.39 Å². The predicted molar refractivity (Wildman–Crippen MR) is 51.4 cm³/mol. The lowest BCUT2D eigenvalue weighted by Gasteiger charge is -2.02. The SMILES string of the molecule is CCNCCCNCc1cnco1. The Morgan fingerprint density at radius 2 is 2.23 bits per heavy atom. The molecule has 0 aromatic carbocycles. The molecule has 1 heterocycles. The fourth-order valence-electron chi connectivity index (χ4n) is 1.06. The van der Waals surface area contributed by atoms with Crippen molar-refractivity contribution >= 4 is 0 Å². The molecule has 74 valence electrons. The Labute approximate surface area is 78.7 Å². The van der Waals surface area contributed by atoms with Gasteiger partial charge in [0, 0.05) is 0 Å². The highest BCUT2D eigenvalue weighted by molar-refractivity contribution is 4.86. The second kappa shape index (κ2) is 6.62. The van der Waals surface area contributed by atoms with Gasteiger partial charge in [-0.05, 0) is 26.1 Å². The van der Waals surface area contributed by atoms with E-state index in [2.05, 4.69) is 22.5 Å². The van der Waals surface area contributed by atoms with E-state index in [-0.39, 0.29) is 0 Å². The predicted octanol–water partition coefficient (Wildman–Crippen LogP) is 0.764. The molecule has 0 radical (unpaired) electrons. The molecule has 0 bridgehead atoms. The third-order valence-corrected chi connectivity index (χ3v) is 1.74. The number of nitrogens with one attached hydrogen (secondary N) is 2. The summed E-state index contributed by atoms with van der Waals surface area (Å²) < 4.78 is 5.07. The van der Waals surface area contributed by atoms with E-state index in [0.29, 0.717) is 0 Å². The monoisotopic (exact) mass is 183 g/mol. The molecule has 0 spiro atoms. The summed E-state index contributed by atoms with van der Waals surface area (Å²) in [5, 5.41) is 6.54. The van der Waals surface area contributed by atoms with Crippen molar-refractivity contribution in [3.63, 3.8) is 0 Å². The van der Waals surface area contributed by atoms with Crippen molar-refractivity contribution < 1.29 is 4.42 Å². The van der Waals surface area contributed by atoms with Gasteiger partial charge >= 0.3 is 0 Å². The Bertz CT molecular complexity index is 199. The first-order chi connectivity index (χ1) is 6.43. The van der Waals surface area contributed by atoms with Crippen LogP contribution in [0.4, 0.5) is 0 Å². The molecule has 1 aromatic rings. The quantitative estimate of drug-likeness (QED) is 0.613. The molecule has 0 aliphatic rings. The van der Waals surface area contributed by atoms with Crippen molar-refractivity contribution in [2.75, 3.05) is 19.6 Å². The summed E-state index contributed by atoms with van der Waals surface area (Å²) in [5.74, 6) is 0.892. The van der Waals surface area contributed by atoms with Crippen LogP contribution in [-0.2, 0) is 6.54 Å². The average molecular weight is 183 g/mol. The maximum absolute atomic E-state index is 5.07. The molecule has 0 amide bonds. The Morgan fingerprint density at radius 3 is 2.92 bits per heavy atom. The van der Waals surface area contributed by atoms with Gasteiger partial charge in [-0.2, -0.15) is 0 Å². The summed E-state index contributed by atoms with van der Waals surface area (Å²) in [7, 11) is 0. The normalized spacial score (nSPS) is 10.5. The summed E-state index contributed by atoms with van der Waals surface area (Å²) in [5.41, 5.74) is 0. The Kier molecular flexibility index (Phi) is 5.20. The summed E-state index contributed by atoms with van der Waals surface area (Å²) in [6, 6.07) is 0. The van der Waals surface area contributed by atoms with Crippen LogP contribution in [0.15, 0.2) is 17.0 Å². The van der Waals surface area contributed by atoms with Crippen LogP contribution in [0, 0.1) is 0 Å². The van der Waals surface area contributed by atoms with E-state index in [1.54, 1.807) is 6.20 Å². The number of rotatable bonds is 7. The van der Waals surface area contributed by atoms with Crippen molar-refractivity contribution in [2.45, 2.75) is 19.9 Å². The van der Waals surface area contributed by atoms with E-state index in [0.717, 1.165) is 38.4 Å². The highest BCUT2D eigenvalue weighted by Crippen LogP contribution is 1.94. The molecule has 0 aliphatic heterocycles. The zero-order valence-electron chi connectivity index (χ0n) is 8.05. The molecule has 4 nitrogen and oxygen atoms in total. The number of aromatic nitrogens is 1. The molecule has 0 saturated heterocycles. The van der Waals surface area contributed by atoms with Crippen molar-refractivity contribution in [1.82, 2.24) is 15.6 Å². The van der Waals surface area contributed by atoms with Gasteiger partial charge in [-0.1, -0.05) is 6.92 Å². The van der Waals surface area contributed by atoms with E-state index in [1.807, 2.05) is 0 Å². The van der Waals surface area contributed by atoms with Crippen LogP contribution >= 0.6 is 0 Å². The second-order valence-corrected chi connectivity index (χ2v) is 2.85.